The van der Waals surface area contributed by atoms with Crippen LogP contribution in [0.4, 0.5) is 0 Å². The fourth-order valence-electron chi connectivity index (χ4n) is 0.743. The van der Waals surface area contributed by atoms with Gasteiger partial charge in [-0.15, -0.1) is 4.53 Å². The van der Waals surface area contributed by atoms with Gasteiger partial charge in [0, 0.05) is 11.3 Å². The highest BCUT2D eigenvalue weighted by Gasteiger charge is 2.17. The lowest BCUT2D eigenvalue weighted by Crippen LogP contribution is -2.23. The van der Waals surface area contributed by atoms with E-state index in [9.17, 15) is 4.79 Å². The number of amides is 1. The van der Waals surface area contributed by atoms with Gasteiger partial charge in [0.2, 0.25) is 0 Å². The molecule has 1 rings (SSSR count). The molecule has 5 heteroatoms. The summed E-state index contributed by atoms with van der Waals surface area (Å²) in [4.78, 5) is 15.1. The van der Waals surface area contributed by atoms with Gasteiger partial charge in [-0.05, 0) is 12.1 Å². The van der Waals surface area contributed by atoms with Crippen LogP contribution in [0.5, 0.6) is 0 Å². The van der Waals surface area contributed by atoms with Gasteiger partial charge in [0.25, 0.3) is 0 Å². The van der Waals surface area contributed by atoms with Crippen LogP contribution in [-0.2, 0) is 4.53 Å². The molecular weight excluding hydrogens is 192 g/mol. The molecular formula is C8H8ClN2O2+. The Bertz CT molecular complexity index is 323. The number of aromatic nitrogens is 1. The molecule has 0 aliphatic carbocycles. The molecule has 0 radical (unpaired) electrons. The number of hydrogen-bond acceptors (Lipinski definition) is 2. The molecule has 0 fully saturated rings. The topological polar surface area (TPSA) is 44.5 Å². The zero-order valence-electron chi connectivity index (χ0n) is 7.03. The van der Waals surface area contributed by atoms with Gasteiger partial charge in [0.05, 0.1) is 12.6 Å². The minimum atomic E-state index is -0.320. The van der Waals surface area contributed by atoms with Crippen molar-refractivity contribution < 1.29 is 9.32 Å². The zero-order valence-corrected chi connectivity index (χ0v) is 7.78. The minimum Gasteiger partial charge on any atom is -0.260 e. The first-order valence-corrected chi connectivity index (χ1v) is 3.84. The van der Waals surface area contributed by atoms with E-state index >= 15 is 0 Å². The Kier molecular flexibility index (Phi) is 2.97. The quantitative estimate of drug-likeness (QED) is 0.407. The number of nitrogens with zero attached hydrogens (tertiary/aromatic N) is 2. The number of carbonyl (C=O) groups is 1. The molecule has 0 unspecified atom stereocenters. The van der Waals surface area contributed by atoms with E-state index in [2.05, 4.69) is 16.3 Å². The van der Waals surface area contributed by atoms with Gasteiger partial charge in [-0.25, -0.2) is 4.98 Å². The summed E-state index contributed by atoms with van der Waals surface area (Å²) in [5, 5.41) is 1.35. The minimum absolute atomic E-state index is 0.320. The van der Waals surface area contributed by atoms with Crippen LogP contribution in [0.3, 0.4) is 0 Å². The van der Waals surface area contributed by atoms with Crippen molar-refractivity contribution in [2.45, 2.75) is 0 Å². The largest absolute Gasteiger partial charge is 0.338 e. The molecule has 0 N–H and O–H groups in total. The van der Waals surface area contributed by atoms with Crippen LogP contribution in [0.15, 0.2) is 18.3 Å². The van der Waals surface area contributed by atoms with Crippen LogP contribution in [0.1, 0.15) is 10.4 Å². The van der Waals surface area contributed by atoms with E-state index in [0.717, 1.165) is 5.06 Å². The summed E-state index contributed by atoms with van der Waals surface area (Å²) in [5.41, 5.74) is 0.399. The average Bonchev–Trinajstić information content (AvgIpc) is 2.17. The van der Waals surface area contributed by atoms with Crippen molar-refractivity contribution in [2.75, 3.05) is 7.05 Å². The highest BCUT2D eigenvalue weighted by molar-refractivity contribution is 6.29. The van der Waals surface area contributed by atoms with Gasteiger partial charge in [-0.3, -0.25) is 4.79 Å². The van der Waals surface area contributed by atoms with Crippen LogP contribution in [-0.4, -0.2) is 29.8 Å². The predicted molar refractivity (Wildman–Crippen MR) is 48.5 cm³/mol. The summed E-state index contributed by atoms with van der Waals surface area (Å²) < 4.78 is 4.47. The van der Waals surface area contributed by atoms with Gasteiger partial charge in [-0.2, -0.15) is 0 Å². The number of carbonyl (C=O) groups excluding carboxylic acids is 2. The molecule has 0 atom stereocenters. The third-order valence-corrected chi connectivity index (χ3v) is 1.68. The van der Waals surface area contributed by atoms with Crippen molar-refractivity contribution >= 4 is 24.3 Å². The van der Waals surface area contributed by atoms with E-state index in [-0.39, 0.29) is 5.91 Å². The number of rotatable bonds is 2. The lowest BCUT2D eigenvalue weighted by molar-refractivity contribution is -0.605. The van der Waals surface area contributed by atoms with Crippen molar-refractivity contribution in [3.05, 3.63) is 29.0 Å². The standard InChI is InChI=1S/C8H8ClN2O2/c1-11(13-2)8(12)6-3-4-7(9)10-5-6/h3-5H,2H2,1H3/q+1. The maximum atomic E-state index is 11.4. The Balaban J connectivity index is 2.89. The number of hydrogen-bond donors (Lipinski definition) is 0. The fraction of sp³-hybridized carbons (Fsp3) is 0.125. The number of hydroxylamine groups is 2. The second kappa shape index (κ2) is 4.00. The molecule has 0 saturated carbocycles. The Morgan fingerprint density at radius 3 is 2.85 bits per heavy atom. The number of halogens is 1. The van der Waals surface area contributed by atoms with Crippen LogP contribution < -0.4 is 0 Å². The zero-order chi connectivity index (χ0) is 9.84. The summed E-state index contributed by atoms with van der Waals surface area (Å²) in [5.74, 6) is -0.320. The summed E-state index contributed by atoms with van der Waals surface area (Å²) in [7, 11) is 1.46. The van der Waals surface area contributed by atoms with Crippen molar-refractivity contribution in [3.63, 3.8) is 0 Å². The van der Waals surface area contributed by atoms with Crippen LogP contribution in [0.2, 0.25) is 5.15 Å². The van der Waals surface area contributed by atoms with Gasteiger partial charge >= 0.3 is 12.7 Å². The van der Waals surface area contributed by atoms with Gasteiger partial charge in [-0.1, -0.05) is 11.6 Å². The van der Waals surface area contributed by atoms with E-state index in [1.807, 2.05) is 0 Å². The molecule has 68 valence electrons. The van der Waals surface area contributed by atoms with Gasteiger partial charge in [0.15, 0.2) is 0 Å². The second-order valence-electron chi connectivity index (χ2n) is 2.30. The Labute approximate surface area is 80.4 Å². The summed E-state index contributed by atoms with van der Waals surface area (Å²) in [6.07, 6.45) is 1.38. The summed E-state index contributed by atoms with van der Waals surface area (Å²) >= 11 is 5.55. The van der Waals surface area contributed by atoms with E-state index < -0.39 is 0 Å². The maximum absolute atomic E-state index is 11.4. The van der Waals surface area contributed by atoms with E-state index in [0.29, 0.717) is 10.7 Å². The molecule has 1 heterocycles. The van der Waals surface area contributed by atoms with E-state index in [1.165, 1.54) is 19.3 Å². The highest BCUT2D eigenvalue weighted by atomic mass is 35.5. The first-order chi connectivity index (χ1) is 6.15. The molecule has 13 heavy (non-hydrogen) atoms. The molecule has 0 bridgehead atoms. The molecule has 1 aromatic rings. The lowest BCUT2D eigenvalue weighted by atomic mass is 10.3. The normalized spacial score (nSPS) is 9.38. The van der Waals surface area contributed by atoms with Crippen LogP contribution in [0, 0.1) is 0 Å². The third-order valence-electron chi connectivity index (χ3n) is 1.45. The Morgan fingerprint density at radius 1 is 1.69 bits per heavy atom. The van der Waals surface area contributed by atoms with E-state index in [1.54, 1.807) is 6.07 Å². The van der Waals surface area contributed by atoms with Gasteiger partial charge in [0.1, 0.15) is 5.15 Å². The smallest absolute Gasteiger partial charge is 0.260 e. The number of pyridine rings is 1. The molecule has 0 aliphatic rings. The van der Waals surface area contributed by atoms with Crippen molar-refractivity contribution in [1.82, 2.24) is 10.0 Å². The van der Waals surface area contributed by atoms with Crippen molar-refractivity contribution in [1.29, 1.82) is 0 Å². The Morgan fingerprint density at radius 2 is 2.38 bits per heavy atom. The van der Waals surface area contributed by atoms with Crippen molar-refractivity contribution in [3.8, 4) is 0 Å². The van der Waals surface area contributed by atoms with Crippen LogP contribution in [0.25, 0.3) is 0 Å². The monoisotopic (exact) mass is 199 g/mol. The van der Waals surface area contributed by atoms with E-state index in [4.69, 9.17) is 11.6 Å². The molecule has 1 amide bonds. The molecule has 1 aromatic heterocycles. The first kappa shape index (κ1) is 9.67. The third kappa shape index (κ3) is 2.26. The fourth-order valence-corrected chi connectivity index (χ4v) is 0.855. The highest BCUT2D eigenvalue weighted by Crippen LogP contribution is 2.06. The predicted octanol–water partition coefficient (Wildman–Crippen LogP) is 1.09. The Hall–Kier alpha value is -1.42. The average molecular weight is 200 g/mol. The summed E-state index contributed by atoms with van der Waals surface area (Å²) in [6.45, 7) is 3.11. The van der Waals surface area contributed by atoms with Gasteiger partial charge < -0.3 is 0 Å². The molecule has 0 aliphatic heterocycles. The van der Waals surface area contributed by atoms with Crippen molar-refractivity contribution in [2.24, 2.45) is 0 Å². The lowest BCUT2D eigenvalue weighted by Gasteiger charge is -1.99. The summed E-state index contributed by atoms with van der Waals surface area (Å²) in [6, 6.07) is 3.10. The molecule has 4 nitrogen and oxygen atoms in total. The second-order valence-corrected chi connectivity index (χ2v) is 2.69. The van der Waals surface area contributed by atoms with Crippen LogP contribution >= 0.6 is 11.6 Å². The molecule has 0 saturated heterocycles. The first-order valence-electron chi connectivity index (χ1n) is 3.47. The molecule has 0 spiro atoms. The molecule has 0 aromatic carbocycles. The SMILES string of the molecule is C=[O+]N(C)C(=O)c1ccc(Cl)nc1. The maximum Gasteiger partial charge on any atom is 0.338 e.